The van der Waals surface area contributed by atoms with Crippen LogP contribution in [-0.2, 0) is 0 Å². The number of hydrogen-bond acceptors (Lipinski definition) is 3. The van der Waals surface area contributed by atoms with Crippen molar-refractivity contribution in [3.05, 3.63) is 29.9 Å². The fourth-order valence-corrected chi connectivity index (χ4v) is 2.28. The standard InChI is InChI=1S/C8H8N2S2/c1-11-7-3-2-5-10(7)8-9-4-6-12-8/h2-6H,1H3. The van der Waals surface area contributed by atoms with E-state index in [4.69, 9.17) is 0 Å². The first-order valence-corrected chi connectivity index (χ1v) is 5.63. The average Bonchev–Trinajstić information content (AvgIpc) is 2.74. The highest BCUT2D eigenvalue weighted by Gasteiger charge is 2.02. The average molecular weight is 196 g/mol. The van der Waals surface area contributed by atoms with Crippen LogP contribution in [-0.4, -0.2) is 15.8 Å². The van der Waals surface area contributed by atoms with E-state index in [-0.39, 0.29) is 0 Å². The van der Waals surface area contributed by atoms with Crippen molar-refractivity contribution >= 4 is 23.1 Å². The molecule has 0 bridgehead atoms. The second-order valence-corrected chi connectivity index (χ2v) is 3.93. The van der Waals surface area contributed by atoms with Crippen molar-refractivity contribution in [2.75, 3.05) is 6.26 Å². The van der Waals surface area contributed by atoms with Crippen molar-refractivity contribution in [2.45, 2.75) is 5.03 Å². The topological polar surface area (TPSA) is 17.8 Å². The third kappa shape index (κ3) is 1.28. The highest BCUT2D eigenvalue weighted by molar-refractivity contribution is 7.98. The maximum Gasteiger partial charge on any atom is 0.194 e. The molecule has 4 heteroatoms. The zero-order valence-corrected chi connectivity index (χ0v) is 8.23. The molecular weight excluding hydrogens is 188 g/mol. The van der Waals surface area contributed by atoms with Gasteiger partial charge < -0.3 is 0 Å². The number of hydrogen-bond donors (Lipinski definition) is 0. The van der Waals surface area contributed by atoms with E-state index in [1.165, 1.54) is 5.03 Å². The van der Waals surface area contributed by atoms with E-state index in [1.54, 1.807) is 23.1 Å². The highest BCUT2D eigenvalue weighted by atomic mass is 32.2. The predicted octanol–water partition coefficient (Wildman–Crippen LogP) is 2.66. The van der Waals surface area contributed by atoms with Gasteiger partial charge in [0.05, 0.1) is 5.03 Å². The van der Waals surface area contributed by atoms with E-state index in [0.717, 1.165) is 5.13 Å². The second kappa shape index (κ2) is 3.33. The molecule has 0 radical (unpaired) electrons. The fourth-order valence-electron chi connectivity index (χ4n) is 1.02. The van der Waals surface area contributed by atoms with Gasteiger partial charge in [0, 0.05) is 17.8 Å². The van der Waals surface area contributed by atoms with Gasteiger partial charge in [-0.3, -0.25) is 4.57 Å². The monoisotopic (exact) mass is 196 g/mol. The Hall–Kier alpha value is -0.740. The van der Waals surface area contributed by atoms with Crippen LogP contribution in [0.3, 0.4) is 0 Å². The Balaban J connectivity index is 2.46. The molecular formula is C8H8N2S2. The molecule has 0 N–H and O–H groups in total. The lowest BCUT2D eigenvalue weighted by atomic mass is 10.7. The number of aromatic nitrogens is 2. The lowest BCUT2D eigenvalue weighted by Gasteiger charge is -2.00. The first kappa shape index (κ1) is 7.89. The molecule has 2 aromatic heterocycles. The minimum atomic E-state index is 1.03. The smallest absolute Gasteiger partial charge is 0.194 e. The Kier molecular flexibility index (Phi) is 2.19. The van der Waals surface area contributed by atoms with Crippen molar-refractivity contribution in [1.82, 2.24) is 9.55 Å². The molecule has 2 rings (SSSR count). The van der Waals surface area contributed by atoms with E-state index >= 15 is 0 Å². The summed E-state index contributed by atoms with van der Waals surface area (Å²) in [5, 5.41) is 4.24. The Bertz CT molecular complexity index is 351. The maximum atomic E-state index is 4.24. The molecule has 0 unspecified atom stereocenters. The van der Waals surface area contributed by atoms with Crippen LogP contribution in [0.1, 0.15) is 0 Å². The van der Waals surface area contributed by atoms with E-state index in [2.05, 4.69) is 21.9 Å². The van der Waals surface area contributed by atoms with Gasteiger partial charge in [0.15, 0.2) is 5.13 Å². The van der Waals surface area contributed by atoms with Crippen molar-refractivity contribution < 1.29 is 0 Å². The van der Waals surface area contributed by atoms with Gasteiger partial charge in [-0.2, -0.15) is 0 Å². The lowest BCUT2D eigenvalue weighted by Crippen LogP contribution is -1.91. The van der Waals surface area contributed by atoms with Crippen LogP contribution < -0.4 is 0 Å². The zero-order valence-electron chi connectivity index (χ0n) is 6.60. The number of thioether (sulfide) groups is 1. The Morgan fingerprint density at radius 2 is 2.50 bits per heavy atom. The first-order chi connectivity index (χ1) is 5.92. The van der Waals surface area contributed by atoms with Gasteiger partial charge in [-0.05, 0) is 18.4 Å². The van der Waals surface area contributed by atoms with Crippen LogP contribution in [0.25, 0.3) is 5.13 Å². The first-order valence-electron chi connectivity index (χ1n) is 3.53. The summed E-state index contributed by atoms with van der Waals surface area (Å²) in [6.07, 6.45) is 5.92. The second-order valence-electron chi connectivity index (χ2n) is 2.24. The number of thiazole rings is 1. The van der Waals surface area contributed by atoms with Crippen molar-refractivity contribution in [2.24, 2.45) is 0 Å². The van der Waals surface area contributed by atoms with Gasteiger partial charge in [0.2, 0.25) is 0 Å². The Morgan fingerprint density at radius 1 is 1.58 bits per heavy atom. The summed E-state index contributed by atoms with van der Waals surface area (Å²) in [7, 11) is 0. The van der Waals surface area contributed by atoms with Crippen molar-refractivity contribution in [3.8, 4) is 5.13 Å². The minimum absolute atomic E-state index is 1.03. The van der Waals surface area contributed by atoms with Gasteiger partial charge in [0.1, 0.15) is 0 Å². The summed E-state index contributed by atoms with van der Waals surface area (Å²) in [4.78, 5) is 4.24. The van der Waals surface area contributed by atoms with Gasteiger partial charge in [0.25, 0.3) is 0 Å². The lowest BCUT2D eigenvalue weighted by molar-refractivity contribution is 0.942. The minimum Gasteiger partial charge on any atom is -0.287 e. The van der Waals surface area contributed by atoms with E-state index in [0.29, 0.717) is 0 Å². The molecule has 2 heterocycles. The summed E-state index contributed by atoms with van der Waals surface area (Å²) < 4.78 is 2.09. The normalized spacial score (nSPS) is 10.4. The van der Waals surface area contributed by atoms with E-state index in [1.807, 2.05) is 23.8 Å². The quantitative estimate of drug-likeness (QED) is 0.687. The zero-order chi connectivity index (χ0) is 8.39. The van der Waals surface area contributed by atoms with Crippen LogP contribution in [0, 0.1) is 0 Å². The summed E-state index contributed by atoms with van der Waals surface area (Å²) in [5.74, 6) is 0. The Labute approximate surface area is 79.3 Å². The molecule has 0 aliphatic heterocycles. The SMILES string of the molecule is CSc1cccn1-c1nccs1. The third-order valence-electron chi connectivity index (χ3n) is 1.55. The molecule has 0 spiro atoms. The van der Waals surface area contributed by atoms with Gasteiger partial charge >= 0.3 is 0 Å². The van der Waals surface area contributed by atoms with E-state index in [9.17, 15) is 0 Å². The van der Waals surface area contributed by atoms with Crippen LogP contribution in [0.2, 0.25) is 0 Å². The predicted molar refractivity (Wildman–Crippen MR) is 53.2 cm³/mol. The molecule has 0 saturated carbocycles. The third-order valence-corrected chi connectivity index (χ3v) is 3.07. The molecule has 0 aromatic carbocycles. The maximum absolute atomic E-state index is 4.24. The molecule has 0 aliphatic carbocycles. The largest absolute Gasteiger partial charge is 0.287 e. The fraction of sp³-hybridized carbons (Fsp3) is 0.125. The molecule has 0 fully saturated rings. The highest BCUT2D eigenvalue weighted by Crippen LogP contribution is 2.21. The summed E-state index contributed by atoms with van der Waals surface area (Å²) in [6, 6.07) is 4.12. The Morgan fingerprint density at radius 3 is 3.17 bits per heavy atom. The van der Waals surface area contributed by atoms with Crippen LogP contribution in [0.5, 0.6) is 0 Å². The summed E-state index contributed by atoms with van der Waals surface area (Å²) in [5.41, 5.74) is 0. The van der Waals surface area contributed by atoms with Crippen LogP contribution >= 0.6 is 23.1 Å². The van der Waals surface area contributed by atoms with Gasteiger partial charge in [-0.25, -0.2) is 4.98 Å². The van der Waals surface area contributed by atoms with Crippen molar-refractivity contribution in [3.63, 3.8) is 0 Å². The summed E-state index contributed by atoms with van der Waals surface area (Å²) in [6.45, 7) is 0. The molecule has 62 valence electrons. The van der Waals surface area contributed by atoms with Gasteiger partial charge in [-0.15, -0.1) is 23.1 Å². The molecule has 2 aromatic rings. The molecule has 0 atom stereocenters. The van der Waals surface area contributed by atoms with Crippen LogP contribution in [0.4, 0.5) is 0 Å². The van der Waals surface area contributed by atoms with E-state index < -0.39 is 0 Å². The molecule has 0 aliphatic rings. The molecule has 0 saturated heterocycles. The van der Waals surface area contributed by atoms with Crippen LogP contribution in [0.15, 0.2) is 34.9 Å². The van der Waals surface area contributed by atoms with Gasteiger partial charge in [-0.1, -0.05) is 0 Å². The molecule has 12 heavy (non-hydrogen) atoms. The molecule has 2 nitrogen and oxygen atoms in total. The molecule has 0 amide bonds. The summed E-state index contributed by atoms with van der Waals surface area (Å²) >= 11 is 3.38. The number of nitrogens with zero attached hydrogens (tertiary/aromatic N) is 2. The number of rotatable bonds is 2. The van der Waals surface area contributed by atoms with Crippen molar-refractivity contribution in [1.29, 1.82) is 0 Å².